The molecular weight excluding hydrogens is 282 g/mol. The Balaban J connectivity index is 0.00000161. The highest BCUT2D eigenvalue weighted by atomic mass is 35.5. The smallest absolute Gasteiger partial charge is 0.0702 e. The molecule has 0 aliphatic carbocycles. The number of rotatable bonds is 4. The second-order valence-corrected chi connectivity index (χ2v) is 5.84. The van der Waals surface area contributed by atoms with Crippen LogP contribution in [-0.2, 0) is 6.54 Å². The summed E-state index contributed by atoms with van der Waals surface area (Å²) in [5.74, 6) is 0.794. The van der Waals surface area contributed by atoms with Crippen molar-refractivity contribution < 1.29 is 0 Å². The van der Waals surface area contributed by atoms with Crippen LogP contribution in [0.4, 0.5) is 0 Å². The number of hydrogen-bond acceptors (Lipinski definition) is 3. The number of likely N-dealkylation sites (tertiary alicyclic amines) is 1. The average molecular weight is 306 g/mol. The number of fused-ring (bicyclic) bond motifs is 1. The van der Waals surface area contributed by atoms with Crippen molar-refractivity contribution in [2.45, 2.75) is 19.4 Å². The Bertz CT molecular complexity index is 571. The summed E-state index contributed by atoms with van der Waals surface area (Å²) in [5.41, 5.74) is 2.41. The summed E-state index contributed by atoms with van der Waals surface area (Å²) in [5, 5.41) is 4.55. The van der Waals surface area contributed by atoms with Crippen LogP contribution in [0.1, 0.15) is 18.4 Å². The van der Waals surface area contributed by atoms with E-state index < -0.39 is 0 Å². The molecule has 0 bridgehead atoms. The van der Waals surface area contributed by atoms with Crippen molar-refractivity contribution in [3.05, 3.63) is 42.1 Å². The van der Waals surface area contributed by atoms with Gasteiger partial charge in [0.05, 0.1) is 5.52 Å². The molecule has 0 saturated carbocycles. The maximum Gasteiger partial charge on any atom is 0.0702 e. The molecule has 1 aromatic carbocycles. The van der Waals surface area contributed by atoms with Gasteiger partial charge in [0.1, 0.15) is 0 Å². The van der Waals surface area contributed by atoms with E-state index in [9.17, 15) is 0 Å². The third-order valence-electron chi connectivity index (χ3n) is 4.15. The molecule has 4 heteroatoms. The maximum atomic E-state index is 4.56. The monoisotopic (exact) mass is 305 g/mol. The lowest BCUT2D eigenvalue weighted by atomic mass is 9.97. The number of benzene rings is 1. The molecule has 1 fully saturated rings. The molecule has 1 saturated heterocycles. The van der Waals surface area contributed by atoms with Crippen LogP contribution in [-0.4, -0.2) is 36.6 Å². The van der Waals surface area contributed by atoms with E-state index in [1.165, 1.54) is 36.9 Å². The van der Waals surface area contributed by atoms with Gasteiger partial charge in [-0.15, -0.1) is 12.4 Å². The molecule has 3 nitrogen and oxygen atoms in total. The Hall–Kier alpha value is -1.16. The minimum absolute atomic E-state index is 0. The third kappa shape index (κ3) is 4.16. The Labute approximate surface area is 133 Å². The highest BCUT2D eigenvalue weighted by Crippen LogP contribution is 2.19. The average Bonchev–Trinajstić information content (AvgIpc) is 2.48. The molecule has 2 heterocycles. The van der Waals surface area contributed by atoms with Crippen molar-refractivity contribution in [3.63, 3.8) is 0 Å². The zero-order valence-electron chi connectivity index (χ0n) is 12.6. The Kier molecular flexibility index (Phi) is 5.97. The predicted molar refractivity (Wildman–Crippen MR) is 90.9 cm³/mol. The van der Waals surface area contributed by atoms with Crippen molar-refractivity contribution in [1.82, 2.24) is 15.2 Å². The van der Waals surface area contributed by atoms with Gasteiger partial charge in [0, 0.05) is 24.7 Å². The molecule has 1 aliphatic rings. The predicted octanol–water partition coefficient (Wildman–Crippen LogP) is 3.09. The van der Waals surface area contributed by atoms with Crippen LogP contribution in [0.5, 0.6) is 0 Å². The van der Waals surface area contributed by atoms with E-state index in [0.717, 1.165) is 24.5 Å². The molecule has 0 spiro atoms. The van der Waals surface area contributed by atoms with Crippen molar-refractivity contribution in [2.24, 2.45) is 5.92 Å². The van der Waals surface area contributed by atoms with Gasteiger partial charge in [-0.25, -0.2) is 0 Å². The van der Waals surface area contributed by atoms with Crippen LogP contribution in [0.25, 0.3) is 10.9 Å². The molecule has 0 amide bonds. The fraction of sp³-hybridized carbons (Fsp3) is 0.471. The van der Waals surface area contributed by atoms with Crippen molar-refractivity contribution in [2.75, 3.05) is 26.7 Å². The lowest BCUT2D eigenvalue weighted by Crippen LogP contribution is -2.38. The van der Waals surface area contributed by atoms with Crippen LogP contribution in [0.2, 0.25) is 0 Å². The quantitative estimate of drug-likeness (QED) is 0.941. The van der Waals surface area contributed by atoms with Gasteiger partial charge in [-0.1, -0.05) is 18.2 Å². The summed E-state index contributed by atoms with van der Waals surface area (Å²) in [4.78, 5) is 7.13. The topological polar surface area (TPSA) is 28.2 Å². The molecule has 1 aromatic heterocycles. The highest BCUT2D eigenvalue weighted by Gasteiger charge is 2.19. The van der Waals surface area contributed by atoms with Gasteiger partial charge in [-0.3, -0.25) is 9.88 Å². The highest BCUT2D eigenvalue weighted by molar-refractivity contribution is 5.85. The van der Waals surface area contributed by atoms with E-state index in [-0.39, 0.29) is 12.4 Å². The van der Waals surface area contributed by atoms with E-state index in [2.05, 4.69) is 39.5 Å². The van der Waals surface area contributed by atoms with Gasteiger partial charge in [0.2, 0.25) is 0 Å². The van der Waals surface area contributed by atoms with Gasteiger partial charge in [-0.05, 0) is 56.6 Å². The van der Waals surface area contributed by atoms with E-state index in [1.54, 1.807) is 0 Å². The maximum absolute atomic E-state index is 4.56. The molecule has 0 radical (unpaired) electrons. The number of hydrogen-bond donors (Lipinski definition) is 1. The van der Waals surface area contributed by atoms with Gasteiger partial charge >= 0.3 is 0 Å². The van der Waals surface area contributed by atoms with Crippen molar-refractivity contribution in [3.8, 4) is 0 Å². The standard InChI is InChI=1S/C17H23N3.ClH/c1-18-10-14-5-4-8-20(12-14)13-15-9-16-6-2-3-7-17(16)19-11-15;/h2-3,6-7,9,11,14,18H,4-5,8,10,12-13H2,1H3;1H. The van der Waals surface area contributed by atoms with Gasteiger partial charge in [-0.2, -0.15) is 0 Å². The van der Waals surface area contributed by atoms with Crippen LogP contribution in [0.15, 0.2) is 36.5 Å². The van der Waals surface area contributed by atoms with E-state index in [4.69, 9.17) is 0 Å². The molecular formula is C17H24ClN3. The molecule has 1 aliphatic heterocycles. The first-order chi connectivity index (χ1) is 9.85. The first kappa shape index (κ1) is 16.2. The summed E-state index contributed by atoms with van der Waals surface area (Å²) in [7, 11) is 2.05. The molecule has 3 rings (SSSR count). The van der Waals surface area contributed by atoms with E-state index in [0.29, 0.717) is 0 Å². The summed E-state index contributed by atoms with van der Waals surface area (Å²) in [6.45, 7) is 4.57. The summed E-state index contributed by atoms with van der Waals surface area (Å²) in [6, 6.07) is 10.6. The van der Waals surface area contributed by atoms with Gasteiger partial charge in [0.15, 0.2) is 0 Å². The fourth-order valence-corrected chi connectivity index (χ4v) is 3.21. The molecule has 114 valence electrons. The number of piperidine rings is 1. The molecule has 1 unspecified atom stereocenters. The summed E-state index contributed by atoms with van der Waals surface area (Å²) in [6.07, 6.45) is 4.70. The van der Waals surface area contributed by atoms with Crippen LogP contribution in [0.3, 0.4) is 0 Å². The first-order valence-corrected chi connectivity index (χ1v) is 7.56. The molecule has 1 atom stereocenters. The summed E-state index contributed by atoms with van der Waals surface area (Å²) < 4.78 is 0. The van der Waals surface area contributed by atoms with Crippen LogP contribution < -0.4 is 5.32 Å². The minimum Gasteiger partial charge on any atom is -0.319 e. The molecule has 2 aromatic rings. The number of pyridine rings is 1. The number of para-hydroxylation sites is 1. The Morgan fingerprint density at radius 3 is 3.05 bits per heavy atom. The zero-order chi connectivity index (χ0) is 13.8. The fourth-order valence-electron chi connectivity index (χ4n) is 3.21. The Morgan fingerprint density at radius 1 is 1.33 bits per heavy atom. The van der Waals surface area contributed by atoms with E-state index >= 15 is 0 Å². The summed E-state index contributed by atoms with van der Waals surface area (Å²) >= 11 is 0. The number of nitrogens with zero attached hydrogens (tertiary/aromatic N) is 2. The van der Waals surface area contributed by atoms with Crippen molar-refractivity contribution >= 4 is 23.3 Å². The zero-order valence-corrected chi connectivity index (χ0v) is 13.4. The first-order valence-electron chi connectivity index (χ1n) is 7.56. The lowest BCUT2D eigenvalue weighted by Gasteiger charge is -2.32. The third-order valence-corrected chi connectivity index (χ3v) is 4.15. The number of aromatic nitrogens is 1. The van der Waals surface area contributed by atoms with Crippen LogP contribution >= 0.6 is 12.4 Å². The Morgan fingerprint density at radius 2 is 2.19 bits per heavy atom. The SMILES string of the molecule is CNCC1CCCN(Cc2cnc3ccccc3c2)C1.Cl. The molecule has 21 heavy (non-hydrogen) atoms. The lowest BCUT2D eigenvalue weighted by molar-refractivity contribution is 0.167. The van der Waals surface area contributed by atoms with Crippen molar-refractivity contribution in [1.29, 1.82) is 0 Å². The van der Waals surface area contributed by atoms with Gasteiger partial charge in [0.25, 0.3) is 0 Å². The second-order valence-electron chi connectivity index (χ2n) is 5.84. The number of halogens is 1. The largest absolute Gasteiger partial charge is 0.319 e. The second kappa shape index (κ2) is 7.74. The molecule has 1 N–H and O–H groups in total. The normalized spacial score (nSPS) is 19.4. The van der Waals surface area contributed by atoms with Crippen LogP contribution in [0, 0.1) is 5.92 Å². The minimum atomic E-state index is 0. The number of nitrogens with one attached hydrogen (secondary N) is 1. The van der Waals surface area contributed by atoms with E-state index in [1.807, 2.05) is 19.3 Å². The van der Waals surface area contributed by atoms with Gasteiger partial charge < -0.3 is 5.32 Å².